The number of hydrogen-bond acceptors (Lipinski definition) is 3. The normalized spacial score (nSPS) is 26.2. The molecule has 3 heteroatoms. The van der Waals surface area contributed by atoms with Crippen LogP contribution in [-0.2, 0) is 9.47 Å². The summed E-state index contributed by atoms with van der Waals surface area (Å²) in [7, 11) is 0. The van der Waals surface area contributed by atoms with Gasteiger partial charge in [-0.15, -0.1) is 0 Å². The second kappa shape index (κ2) is 4.91. The molecule has 1 atom stereocenters. The highest BCUT2D eigenvalue weighted by Gasteiger charge is 2.22. The van der Waals surface area contributed by atoms with E-state index in [1.165, 1.54) is 18.4 Å². The summed E-state index contributed by atoms with van der Waals surface area (Å²) in [6, 6.07) is 0. The van der Waals surface area contributed by atoms with Crippen molar-refractivity contribution in [3.05, 3.63) is 11.6 Å². The molecular weight excluding hydrogens is 180 g/mol. The first-order chi connectivity index (χ1) is 6.86. The van der Waals surface area contributed by atoms with Crippen LogP contribution < -0.4 is 0 Å². The minimum Gasteiger partial charge on any atom is -0.389 e. The SMILES string of the molecule is OC(CC1OCCO1)C1=CCCCC1. The molecule has 0 amide bonds. The van der Waals surface area contributed by atoms with Crippen molar-refractivity contribution in [1.29, 1.82) is 0 Å². The minimum absolute atomic E-state index is 0.187. The lowest BCUT2D eigenvalue weighted by atomic mass is 9.94. The molecule has 1 unspecified atom stereocenters. The van der Waals surface area contributed by atoms with Crippen molar-refractivity contribution < 1.29 is 14.6 Å². The van der Waals surface area contributed by atoms with Crippen molar-refractivity contribution in [3.8, 4) is 0 Å². The molecule has 0 bridgehead atoms. The zero-order valence-electron chi connectivity index (χ0n) is 8.45. The fraction of sp³-hybridized carbons (Fsp3) is 0.818. The van der Waals surface area contributed by atoms with Gasteiger partial charge < -0.3 is 14.6 Å². The fourth-order valence-corrected chi connectivity index (χ4v) is 2.04. The summed E-state index contributed by atoms with van der Waals surface area (Å²) < 4.78 is 10.6. The molecule has 14 heavy (non-hydrogen) atoms. The molecule has 1 aliphatic carbocycles. The summed E-state index contributed by atoms with van der Waals surface area (Å²) in [6.07, 6.45) is 6.81. The van der Waals surface area contributed by atoms with E-state index in [2.05, 4.69) is 6.08 Å². The van der Waals surface area contributed by atoms with Gasteiger partial charge in [-0.2, -0.15) is 0 Å². The van der Waals surface area contributed by atoms with Crippen LogP contribution in [0.3, 0.4) is 0 Å². The topological polar surface area (TPSA) is 38.7 Å². The minimum atomic E-state index is -0.363. The zero-order chi connectivity index (χ0) is 9.80. The van der Waals surface area contributed by atoms with Gasteiger partial charge in [0.05, 0.1) is 19.3 Å². The van der Waals surface area contributed by atoms with Crippen LogP contribution in [0.4, 0.5) is 0 Å². The van der Waals surface area contributed by atoms with Crippen LogP contribution in [0.5, 0.6) is 0 Å². The van der Waals surface area contributed by atoms with Crippen LogP contribution in [0.25, 0.3) is 0 Å². The van der Waals surface area contributed by atoms with Crippen LogP contribution in [-0.4, -0.2) is 30.7 Å². The van der Waals surface area contributed by atoms with Crippen LogP contribution in [0.2, 0.25) is 0 Å². The molecular formula is C11H18O3. The van der Waals surface area contributed by atoms with E-state index < -0.39 is 0 Å². The molecule has 1 heterocycles. The van der Waals surface area contributed by atoms with Gasteiger partial charge >= 0.3 is 0 Å². The average molecular weight is 198 g/mol. The molecule has 0 spiro atoms. The lowest BCUT2D eigenvalue weighted by Crippen LogP contribution is -2.21. The molecule has 0 aromatic carbocycles. The predicted molar refractivity (Wildman–Crippen MR) is 52.9 cm³/mol. The number of hydrogen-bond donors (Lipinski definition) is 1. The summed E-state index contributed by atoms with van der Waals surface area (Å²) in [6.45, 7) is 1.33. The Bertz CT molecular complexity index is 207. The summed E-state index contributed by atoms with van der Waals surface area (Å²) in [5, 5.41) is 9.91. The lowest BCUT2D eigenvalue weighted by molar-refractivity contribution is -0.0654. The van der Waals surface area contributed by atoms with E-state index in [0.717, 1.165) is 12.8 Å². The smallest absolute Gasteiger partial charge is 0.160 e. The third kappa shape index (κ3) is 2.56. The third-order valence-corrected chi connectivity index (χ3v) is 2.86. The first-order valence-electron chi connectivity index (χ1n) is 5.46. The van der Waals surface area contributed by atoms with Gasteiger partial charge in [0.25, 0.3) is 0 Å². The number of rotatable bonds is 3. The molecule has 1 N–H and O–H groups in total. The van der Waals surface area contributed by atoms with Crippen LogP contribution in [0.1, 0.15) is 32.1 Å². The van der Waals surface area contributed by atoms with Crippen molar-refractivity contribution in [2.45, 2.75) is 44.5 Å². The van der Waals surface area contributed by atoms with E-state index in [1.54, 1.807) is 0 Å². The molecule has 0 saturated carbocycles. The Kier molecular flexibility index (Phi) is 3.56. The molecule has 3 nitrogen and oxygen atoms in total. The summed E-state index contributed by atoms with van der Waals surface area (Å²) in [5.74, 6) is 0. The van der Waals surface area contributed by atoms with E-state index in [4.69, 9.17) is 9.47 Å². The predicted octanol–water partition coefficient (Wildman–Crippen LogP) is 1.61. The van der Waals surface area contributed by atoms with Gasteiger partial charge in [-0.25, -0.2) is 0 Å². The third-order valence-electron chi connectivity index (χ3n) is 2.86. The summed E-state index contributed by atoms with van der Waals surface area (Å²) >= 11 is 0. The largest absolute Gasteiger partial charge is 0.389 e. The lowest BCUT2D eigenvalue weighted by Gasteiger charge is -2.20. The van der Waals surface area contributed by atoms with Gasteiger partial charge in [-0.05, 0) is 31.3 Å². The van der Waals surface area contributed by atoms with Crippen LogP contribution in [0.15, 0.2) is 11.6 Å². The Morgan fingerprint density at radius 3 is 2.79 bits per heavy atom. The monoisotopic (exact) mass is 198 g/mol. The van der Waals surface area contributed by atoms with Gasteiger partial charge in [0.1, 0.15) is 0 Å². The van der Waals surface area contributed by atoms with Gasteiger partial charge in [0.15, 0.2) is 6.29 Å². The van der Waals surface area contributed by atoms with Crippen molar-refractivity contribution in [1.82, 2.24) is 0 Å². The maximum Gasteiger partial charge on any atom is 0.160 e. The van der Waals surface area contributed by atoms with E-state index in [0.29, 0.717) is 19.6 Å². The van der Waals surface area contributed by atoms with E-state index in [9.17, 15) is 5.11 Å². The molecule has 2 aliphatic rings. The zero-order valence-corrected chi connectivity index (χ0v) is 8.45. The molecule has 1 saturated heterocycles. The Hall–Kier alpha value is -0.380. The highest BCUT2D eigenvalue weighted by molar-refractivity contribution is 5.10. The second-order valence-corrected chi connectivity index (χ2v) is 3.95. The molecule has 0 aromatic rings. The van der Waals surface area contributed by atoms with E-state index >= 15 is 0 Å². The summed E-state index contributed by atoms with van der Waals surface area (Å²) in [4.78, 5) is 0. The Morgan fingerprint density at radius 1 is 1.36 bits per heavy atom. The summed E-state index contributed by atoms with van der Waals surface area (Å²) in [5.41, 5.74) is 1.18. The standard InChI is InChI=1S/C11H18O3/c12-10(8-11-13-6-7-14-11)9-4-2-1-3-5-9/h4,10-12H,1-3,5-8H2. The molecule has 1 aliphatic heterocycles. The number of allylic oxidation sites excluding steroid dienone is 1. The maximum atomic E-state index is 9.91. The van der Waals surface area contributed by atoms with Crippen molar-refractivity contribution in [2.75, 3.05) is 13.2 Å². The Balaban J connectivity index is 1.81. The fourth-order valence-electron chi connectivity index (χ4n) is 2.04. The van der Waals surface area contributed by atoms with Gasteiger partial charge in [-0.3, -0.25) is 0 Å². The number of ether oxygens (including phenoxy) is 2. The first kappa shape index (κ1) is 10.1. The number of aliphatic hydroxyl groups excluding tert-OH is 1. The van der Waals surface area contributed by atoms with Gasteiger partial charge in [0.2, 0.25) is 0 Å². The van der Waals surface area contributed by atoms with Crippen molar-refractivity contribution >= 4 is 0 Å². The van der Waals surface area contributed by atoms with E-state index in [1.807, 2.05) is 0 Å². The second-order valence-electron chi connectivity index (χ2n) is 3.95. The molecule has 1 fully saturated rings. The molecule has 80 valence electrons. The van der Waals surface area contributed by atoms with Gasteiger partial charge in [-0.1, -0.05) is 6.08 Å². The van der Waals surface area contributed by atoms with E-state index in [-0.39, 0.29) is 12.4 Å². The highest BCUT2D eigenvalue weighted by atomic mass is 16.7. The van der Waals surface area contributed by atoms with Crippen LogP contribution >= 0.6 is 0 Å². The highest BCUT2D eigenvalue weighted by Crippen LogP contribution is 2.24. The average Bonchev–Trinajstić information content (AvgIpc) is 2.72. The van der Waals surface area contributed by atoms with Crippen LogP contribution in [0, 0.1) is 0 Å². The molecule has 0 radical (unpaired) electrons. The van der Waals surface area contributed by atoms with Crippen molar-refractivity contribution in [2.24, 2.45) is 0 Å². The Morgan fingerprint density at radius 2 is 2.14 bits per heavy atom. The first-order valence-corrected chi connectivity index (χ1v) is 5.46. The maximum absolute atomic E-state index is 9.91. The molecule has 0 aromatic heterocycles. The Labute approximate surface area is 84.7 Å². The quantitative estimate of drug-likeness (QED) is 0.700. The van der Waals surface area contributed by atoms with Gasteiger partial charge in [0, 0.05) is 6.42 Å². The number of aliphatic hydroxyl groups is 1. The van der Waals surface area contributed by atoms with Crippen molar-refractivity contribution in [3.63, 3.8) is 0 Å². The molecule has 2 rings (SSSR count).